The van der Waals surface area contributed by atoms with E-state index in [1.165, 1.54) is 23.1 Å². The number of benzene rings is 2. The number of esters is 1. The Morgan fingerprint density at radius 1 is 1.22 bits per heavy atom. The molecule has 1 atom stereocenters. The second-order valence-corrected chi connectivity index (χ2v) is 9.86. The van der Waals surface area contributed by atoms with Crippen molar-refractivity contribution in [3.8, 4) is 0 Å². The zero-order valence-electron chi connectivity index (χ0n) is 19.8. The number of carbonyl (C=O) groups is 1. The molecule has 0 radical (unpaired) electrons. The van der Waals surface area contributed by atoms with Crippen LogP contribution in [-0.4, -0.2) is 33.7 Å². The van der Waals surface area contributed by atoms with E-state index < -0.39 is 12.1 Å². The minimum absolute atomic E-state index is 0.116. The van der Waals surface area contributed by atoms with Gasteiger partial charge in [-0.2, -0.15) is 0 Å². The number of nitrogens with zero attached hydrogens (tertiary/aromatic N) is 2. The second kappa shape index (κ2) is 7.70. The number of nitrogens with two attached hydrogens (primary N) is 1. The van der Waals surface area contributed by atoms with Crippen molar-refractivity contribution in [2.45, 2.75) is 38.5 Å². The molecule has 4 heterocycles. The van der Waals surface area contributed by atoms with E-state index in [-0.39, 0.29) is 6.61 Å². The van der Waals surface area contributed by atoms with Crippen molar-refractivity contribution in [1.29, 1.82) is 0 Å². The number of ether oxygens (including phenoxy) is 1. The molecule has 3 aliphatic heterocycles. The van der Waals surface area contributed by atoms with Gasteiger partial charge in [-0.05, 0) is 66.3 Å². The summed E-state index contributed by atoms with van der Waals surface area (Å²) in [6.07, 6.45) is 3.92. The highest BCUT2D eigenvalue weighted by molar-refractivity contribution is 5.92. The molecule has 0 fully saturated rings. The number of aliphatic hydroxyl groups is 1. The molecule has 7 rings (SSSR count). The first-order chi connectivity index (χ1) is 17.5. The molecule has 7 nitrogen and oxygen atoms in total. The van der Waals surface area contributed by atoms with Crippen LogP contribution in [0.5, 0.6) is 0 Å². The molecule has 7 heteroatoms. The topological polar surface area (TPSA) is 101 Å². The number of hydrogen-bond donors (Lipinski definition) is 3. The maximum absolute atomic E-state index is 12.1. The fraction of sp³-hybridized carbons (Fsp3) is 0.241. The maximum atomic E-state index is 12.1. The van der Waals surface area contributed by atoms with Crippen LogP contribution in [0.1, 0.15) is 34.4 Å². The summed E-state index contributed by atoms with van der Waals surface area (Å²) in [5.41, 5.74) is 17.7. The maximum Gasteiger partial charge on any atom is 0.340 e. The molecule has 1 aliphatic carbocycles. The van der Waals surface area contributed by atoms with Gasteiger partial charge < -0.3 is 25.8 Å². The monoisotopic (exact) mass is 478 g/mol. The molecule has 0 amide bonds. The molecule has 0 saturated heterocycles. The average molecular weight is 479 g/mol. The summed E-state index contributed by atoms with van der Waals surface area (Å²) in [4.78, 5) is 19.3. The van der Waals surface area contributed by atoms with Gasteiger partial charge in [0.1, 0.15) is 6.61 Å². The molecule has 3 aromatic rings. The van der Waals surface area contributed by atoms with E-state index in [0.29, 0.717) is 24.4 Å². The van der Waals surface area contributed by atoms with E-state index in [4.69, 9.17) is 15.5 Å². The summed E-state index contributed by atoms with van der Waals surface area (Å²) in [6.45, 7) is 5.63. The molecular formula is C29H26N4O3. The first kappa shape index (κ1) is 21.2. The van der Waals surface area contributed by atoms with Gasteiger partial charge in [-0.3, -0.25) is 0 Å². The Morgan fingerprint density at radius 2 is 2.03 bits per heavy atom. The summed E-state index contributed by atoms with van der Waals surface area (Å²) in [7, 11) is 0. The number of nitrogens with one attached hydrogen (secondary N) is 1. The van der Waals surface area contributed by atoms with Gasteiger partial charge >= 0.3 is 5.97 Å². The first-order valence-electron chi connectivity index (χ1n) is 12.3. The van der Waals surface area contributed by atoms with Gasteiger partial charge in [0.2, 0.25) is 0 Å². The van der Waals surface area contributed by atoms with Crippen LogP contribution in [0, 0.1) is 0 Å². The number of anilines is 2. The highest BCUT2D eigenvalue weighted by Gasteiger charge is 2.40. The lowest BCUT2D eigenvalue weighted by Gasteiger charge is -2.33. The van der Waals surface area contributed by atoms with Gasteiger partial charge in [-0.25, -0.2) is 9.78 Å². The van der Waals surface area contributed by atoms with Crippen molar-refractivity contribution in [1.82, 2.24) is 9.88 Å². The third-order valence-corrected chi connectivity index (χ3v) is 7.88. The molecule has 0 saturated carbocycles. The van der Waals surface area contributed by atoms with Crippen LogP contribution in [0.25, 0.3) is 16.6 Å². The number of aryl methyl sites for hydroxylation is 2. The Hall–Kier alpha value is -4.10. The van der Waals surface area contributed by atoms with E-state index >= 15 is 0 Å². The lowest BCUT2D eigenvalue weighted by atomic mass is 9.93. The third-order valence-electron chi connectivity index (χ3n) is 7.88. The fourth-order valence-electron chi connectivity index (χ4n) is 5.95. The van der Waals surface area contributed by atoms with Crippen molar-refractivity contribution < 1.29 is 14.6 Å². The Labute approximate surface area is 208 Å². The normalized spacial score (nSPS) is 20.1. The minimum atomic E-state index is -1.31. The highest BCUT2D eigenvalue weighted by atomic mass is 16.5. The number of pyridine rings is 1. The molecule has 4 aliphatic rings. The van der Waals surface area contributed by atoms with Crippen molar-refractivity contribution in [2.24, 2.45) is 0 Å². The van der Waals surface area contributed by atoms with E-state index in [9.17, 15) is 9.90 Å². The summed E-state index contributed by atoms with van der Waals surface area (Å²) in [5.74, 6) is -0.627. The number of aromatic nitrogens is 1. The Kier molecular flexibility index (Phi) is 4.53. The fourth-order valence-corrected chi connectivity index (χ4v) is 5.95. The summed E-state index contributed by atoms with van der Waals surface area (Å²) >= 11 is 0. The lowest BCUT2D eigenvalue weighted by molar-refractivity contribution is -0.151. The molecule has 1 aromatic heterocycles. The number of hydrogen-bond acceptors (Lipinski definition) is 7. The first-order valence-corrected chi connectivity index (χ1v) is 12.3. The Balaban J connectivity index is 1.40. The molecular weight excluding hydrogens is 452 g/mol. The standard InChI is InChI=1S/C29H26N4O3/c1-15-22-14-36-29(35)28(34)19(22)11-26-27-21(13-33(15)26)20(12-31-24-8-3-2-7-23(24)30)18-9-16-5-4-6-17(16)10-25(18)32-27/h2-3,7-11,28,31,34H,1,4-6,12-14,30H2. The van der Waals surface area contributed by atoms with Gasteiger partial charge in [-0.1, -0.05) is 18.7 Å². The van der Waals surface area contributed by atoms with Gasteiger partial charge in [0.15, 0.2) is 6.10 Å². The van der Waals surface area contributed by atoms with Crippen molar-refractivity contribution in [3.05, 3.63) is 93.8 Å². The molecule has 2 aromatic carbocycles. The van der Waals surface area contributed by atoms with Gasteiger partial charge in [0, 0.05) is 34.3 Å². The van der Waals surface area contributed by atoms with Crippen LogP contribution in [0.15, 0.2) is 65.9 Å². The van der Waals surface area contributed by atoms with E-state index in [2.05, 4.69) is 28.9 Å². The molecule has 180 valence electrons. The number of cyclic esters (lactones) is 1. The number of rotatable bonds is 3. The Bertz CT molecular complexity index is 1570. The minimum Gasteiger partial charge on any atom is -0.459 e. The van der Waals surface area contributed by atoms with Crippen LogP contribution in [0.2, 0.25) is 0 Å². The largest absolute Gasteiger partial charge is 0.459 e. The number of fused-ring (bicyclic) bond motifs is 5. The molecule has 36 heavy (non-hydrogen) atoms. The number of nitrogen functional groups attached to an aromatic ring is 1. The van der Waals surface area contributed by atoms with E-state index in [1.54, 1.807) is 0 Å². The predicted octanol–water partition coefficient (Wildman–Crippen LogP) is 3.82. The smallest absolute Gasteiger partial charge is 0.340 e. The van der Waals surface area contributed by atoms with Crippen molar-refractivity contribution in [3.63, 3.8) is 0 Å². The van der Waals surface area contributed by atoms with Gasteiger partial charge in [-0.15, -0.1) is 0 Å². The van der Waals surface area contributed by atoms with Crippen molar-refractivity contribution >= 4 is 33.9 Å². The quantitative estimate of drug-likeness (QED) is 0.389. The predicted molar refractivity (Wildman–Crippen MR) is 139 cm³/mol. The number of para-hydroxylation sites is 2. The zero-order valence-corrected chi connectivity index (χ0v) is 19.8. The van der Waals surface area contributed by atoms with E-state index in [0.717, 1.165) is 57.7 Å². The zero-order chi connectivity index (χ0) is 24.6. The number of aliphatic hydroxyl groups excluding tert-OH is 1. The summed E-state index contributed by atoms with van der Waals surface area (Å²) in [5, 5.41) is 15.2. The number of carbonyl (C=O) groups excluding carboxylic acids is 1. The van der Waals surface area contributed by atoms with Crippen LogP contribution >= 0.6 is 0 Å². The van der Waals surface area contributed by atoms with Crippen LogP contribution < -0.4 is 11.1 Å². The van der Waals surface area contributed by atoms with Gasteiger partial charge in [0.05, 0.1) is 34.8 Å². The van der Waals surface area contributed by atoms with Gasteiger partial charge in [0.25, 0.3) is 0 Å². The van der Waals surface area contributed by atoms with Crippen LogP contribution in [0.4, 0.5) is 11.4 Å². The average Bonchev–Trinajstić information content (AvgIpc) is 3.48. The van der Waals surface area contributed by atoms with Crippen LogP contribution in [-0.2, 0) is 35.5 Å². The third kappa shape index (κ3) is 3.02. The lowest BCUT2D eigenvalue weighted by Crippen LogP contribution is -2.36. The summed E-state index contributed by atoms with van der Waals surface area (Å²) in [6, 6.07) is 12.3. The molecule has 4 N–H and O–H groups in total. The highest BCUT2D eigenvalue weighted by Crippen LogP contribution is 2.45. The molecule has 0 spiro atoms. The SMILES string of the molecule is C=C1C2=C(C=C3c4nc5cc6c(cc5c(CNc5ccccc5N)c4CN13)CCC6)C(O)C(=O)OC2. The molecule has 1 unspecified atom stereocenters. The molecule has 0 bridgehead atoms. The van der Waals surface area contributed by atoms with Crippen LogP contribution in [0.3, 0.4) is 0 Å². The second-order valence-electron chi connectivity index (χ2n) is 9.86. The van der Waals surface area contributed by atoms with E-state index in [1.807, 2.05) is 30.3 Å². The Morgan fingerprint density at radius 3 is 2.86 bits per heavy atom. The van der Waals surface area contributed by atoms with Crippen molar-refractivity contribution in [2.75, 3.05) is 17.7 Å². The summed E-state index contributed by atoms with van der Waals surface area (Å²) < 4.78 is 5.19.